The summed E-state index contributed by atoms with van der Waals surface area (Å²) in [6.45, 7) is 4.35. The van der Waals surface area contributed by atoms with Gasteiger partial charge in [-0.1, -0.05) is 6.07 Å². The number of nitrogens with one attached hydrogen (secondary N) is 2. The normalized spacial score (nSPS) is 21.1. The zero-order valence-corrected chi connectivity index (χ0v) is 10.9. The van der Waals surface area contributed by atoms with Crippen LogP contribution in [-0.4, -0.2) is 32.3 Å². The molecule has 0 saturated carbocycles. The third kappa shape index (κ3) is 2.85. The van der Waals surface area contributed by atoms with E-state index < -0.39 is 0 Å². The van der Waals surface area contributed by atoms with Crippen molar-refractivity contribution in [3.63, 3.8) is 0 Å². The molecule has 2 aliphatic rings. The second kappa shape index (κ2) is 5.72. The van der Waals surface area contributed by atoms with Crippen LogP contribution >= 0.6 is 0 Å². The van der Waals surface area contributed by atoms with E-state index in [1.54, 1.807) is 0 Å². The quantitative estimate of drug-likeness (QED) is 0.830. The lowest BCUT2D eigenvalue weighted by atomic mass is 10.0. The standard InChI is InChI=1S/C15H22N2O/c1-2-15(18-14-5-9-17-10-6-14)11-13-4-8-16-7-3-12(1)13/h1-2,11,14,16-17H,3-10H2. The van der Waals surface area contributed by atoms with Gasteiger partial charge in [-0.2, -0.15) is 0 Å². The highest BCUT2D eigenvalue weighted by atomic mass is 16.5. The minimum Gasteiger partial charge on any atom is -0.490 e. The number of rotatable bonds is 2. The van der Waals surface area contributed by atoms with Gasteiger partial charge in [-0.15, -0.1) is 0 Å². The van der Waals surface area contributed by atoms with Crippen molar-refractivity contribution in [2.45, 2.75) is 31.8 Å². The molecule has 0 atom stereocenters. The van der Waals surface area contributed by atoms with Crippen LogP contribution in [0.2, 0.25) is 0 Å². The minimum absolute atomic E-state index is 0.396. The Bertz CT molecular complexity index is 399. The van der Waals surface area contributed by atoms with Crippen molar-refractivity contribution in [3.8, 4) is 5.75 Å². The first kappa shape index (κ1) is 12.0. The summed E-state index contributed by atoms with van der Waals surface area (Å²) < 4.78 is 6.10. The molecule has 1 aromatic rings. The van der Waals surface area contributed by atoms with E-state index in [1.807, 2.05) is 0 Å². The average Bonchev–Trinajstić information content (AvgIpc) is 2.64. The average molecular weight is 246 g/mol. The van der Waals surface area contributed by atoms with Gasteiger partial charge >= 0.3 is 0 Å². The van der Waals surface area contributed by atoms with Crippen molar-refractivity contribution in [1.82, 2.24) is 10.6 Å². The first-order valence-electron chi connectivity index (χ1n) is 7.12. The molecule has 0 spiro atoms. The molecule has 2 heterocycles. The lowest BCUT2D eigenvalue weighted by Gasteiger charge is -2.24. The summed E-state index contributed by atoms with van der Waals surface area (Å²) >= 11 is 0. The summed E-state index contributed by atoms with van der Waals surface area (Å²) in [5.41, 5.74) is 2.95. The van der Waals surface area contributed by atoms with Gasteiger partial charge in [0.15, 0.2) is 0 Å². The van der Waals surface area contributed by atoms with Crippen LogP contribution < -0.4 is 15.4 Å². The van der Waals surface area contributed by atoms with E-state index >= 15 is 0 Å². The summed E-state index contributed by atoms with van der Waals surface area (Å²) in [7, 11) is 0. The number of hydrogen-bond donors (Lipinski definition) is 2. The molecule has 0 unspecified atom stereocenters. The Labute approximate surface area is 109 Å². The summed E-state index contributed by atoms with van der Waals surface area (Å²) in [5, 5.41) is 6.82. The van der Waals surface area contributed by atoms with Gasteiger partial charge in [0.05, 0.1) is 0 Å². The predicted molar refractivity (Wildman–Crippen MR) is 73.2 cm³/mol. The molecule has 0 aliphatic carbocycles. The summed E-state index contributed by atoms with van der Waals surface area (Å²) in [6, 6.07) is 6.65. The van der Waals surface area contributed by atoms with Crippen molar-refractivity contribution in [1.29, 1.82) is 0 Å². The summed E-state index contributed by atoms with van der Waals surface area (Å²) in [6.07, 6.45) is 4.91. The molecule has 0 aromatic heterocycles. The topological polar surface area (TPSA) is 33.3 Å². The SMILES string of the molecule is c1cc2c(cc1OC1CCNCC1)CCNCC2. The van der Waals surface area contributed by atoms with Gasteiger partial charge < -0.3 is 15.4 Å². The monoisotopic (exact) mass is 246 g/mol. The second-order valence-corrected chi connectivity index (χ2v) is 5.25. The lowest BCUT2D eigenvalue weighted by Crippen LogP contribution is -2.34. The van der Waals surface area contributed by atoms with Crippen LogP contribution in [0.5, 0.6) is 5.75 Å². The fraction of sp³-hybridized carbons (Fsp3) is 0.600. The molecule has 1 saturated heterocycles. The molecule has 2 aliphatic heterocycles. The molecule has 3 rings (SSSR count). The van der Waals surface area contributed by atoms with Crippen molar-refractivity contribution in [2.75, 3.05) is 26.2 Å². The Morgan fingerprint density at radius 1 is 0.889 bits per heavy atom. The minimum atomic E-state index is 0.396. The highest BCUT2D eigenvalue weighted by Crippen LogP contribution is 2.22. The third-order valence-corrected chi connectivity index (χ3v) is 3.91. The number of benzene rings is 1. The van der Waals surface area contributed by atoms with Gasteiger partial charge in [-0.3, -0.25) is 0 Å². The molecule has 1 fully saturated rings. The lowest BCUT2D eigenvalue weighted by molar-refractivity contribution is 0.162. The number of piperidine rings is 1. The molecule has 1 aromatic carbocycles. The summed E-state index contributed by atoms with van der Waals surface area (Å²) in [4.78, 5) is 0. The molecule has 98 valence electrons. The fourth-order valence-corrected chi connectivity index (χ4v) is 2.83. The molecule has 3 nitrogen and oxygen atoms in total. The molecule has 0 radical (unpaired) electrons. The number of fused-ring (bicyclic) bond motifs is 1. The molecule has 3 heteroatoms. The first-order valence-corrected chi connectivity index (χ1v) is 7.12. The van der Waals surface area contributed by atoms with Crippen molar-refractivity contribution >= 4 is 0 Å². The van der Waals surface area contributed by atoms with Crippen LogP contribution in [0.3, 0.4) is 0 Å². The van der Waals surface area contributed by atoms with Crippen molar-refractivity contribution < 1.29 is 4.74 Å². The molecular formula is C15H22N2O. The van der Waals surface area contributed by atoms with E-state index in [0.29, 0.717) is 6.10 Å². The molecule has 18 heavy (non-hydrogen) atoms. The van der Waals surface area contributed by atoms with Gasteiger partial charge in [0.2, 0.25) is 0 Å². The van der Waals surface area contributed by atoms with Gasteiger partial charge in [0.1, 0.15) is 11.9 Å². The van der Waals surface area contributed by atoms with Crippen LogP contribution in [0, 0.1) is 0 Å². The summed E-state index contributed by atoms with van der Waals surface area (Å²) in [5.74, 6) is 1.06. The Balaban J connectivity index is 1.70. The second-order valence-electron chi connectivity index (χ2n) is 5.25. The van der Waals surface area contributed by atoms with Gasteiger partial charge in [0, 0.05) is 0 Å². The maximum Gasteiger partial charge on any atom is 0.120 e. The van der Waals surface area contributed by atoms with E-state index in [1.165, 1.54) is 11.1 Å². The van der Waals surface area contributed by atoms with E-state index in [9.17, 15) is 0 Å². The van der Waals surface area contributed by atoms with Crippen molar-refractivity contribution in [2.24, 2.45) is 0 Å². The Morgan fingerprint density at radius 2 is 1.61 bits per heavy atom. The third-order valence-electron chi connectivity index (χ3n) is 3.91. The smallest absolute Gasteiger partial charge is 0.120 e. The zero-order valence-electron chi connectivity index (χ0n) is 10.9. The van der Waals surface area contributed by atoms with E-state index in [2.05, 4.69) is 28.8 Å². The van der Waals surface area contributed by atoms with Gasteiger partial charge in [0.25, 0.3) is 0 Å². The van der Waals surface area contributed by atoms with Crippen LogP contribution in [0.15, 0.2) is 18.2 Å². The number of hydrogen-bond acceptors (Lipinski definition) is 3. The molecule has 0 amide bonds. The highest BCUT2D eigenvalue weighted by molar-refractivity contribution is 5.37. The van der Waals surface area contributed by atoms with Crippen LogP contribution in [0.1, 0.15) is 24.0 Å². The van der Waals surface area contributed by atoms with Crippen molar-refractivity contribution in [3.05, 3.63) is 29.3 Å². The van der Waals surface area contributed by atoms with Gasteiger partial charge in [-0.25, -0.2) is 0 Å². The van der Waals surface area contributed by atoms with E-state index in [-0.39, 0.29) is 0 Å². The molecular weight excluding hydrogens is 224 g/mol. The Hall–Kier alpha value is -1.06. The molecule has 2 N–H and O–H groups in total. The highest BCUT2D eigenvalue weighted by Gasteiger charge is 2.15. The van der Waals surface area contributed by atoms with Crippen LogP contribution in [0.25, 0.3) is 0 Å². The van der Waals surface area contributed by atoms with Gasteiger partial charge in [-0.05, 0) is 75.1 Å². The van der Waals surface area contributed by atoms with Crippen LogP contribution in [-0.2, 0) is 12.8 Å². The number of ether oxygens (including phenoxy) is 1. The Morgan fingerprint density at radius 3 is 2.44 bits per heavy atom. The van der Waals surface area contributed by atoms with E-state index in [0.717, 1.165) is 57.6 Å². The van der Waals surface area contributed by atoms with Crippen LogP contribution in [0.4, 0.5) is 0 Å². The maximum atomic E-state index is 6.10. The molecule has 0 bridgehead atoms. The zero-order chi connectivity index (χ0) is 12.2. The van der Waals surface area contributed by atoms with E-state index in [4.69, 9.17) is 4.74 Å². The predicted octanol–water partition coefficient (Wildman–Crippen LogP) is 1.51. The first-order chi connectivity index (χ1) is 8.92. The Kier molecular flexibility index (Phi) is 3.81. The maximum absolute atomic E-state index is 6.10. The largest absolute Gasteiger partial charge is 0.490 e. The fourth-order valence-electron chi connectivity index (χ4n) is 2.83.